The van der Waals surface area contributed by atoms with Gasteiger partial charge in [0.25, 0.3) is 0 Å². The maximum absolute atomic E-state index is 2.60. The first-order valence-electron chi connectivity index (χ1n) is 19.5. The molecule has 0 fully saturated rings. The number of rotatable bonds is 2. The Morgan fingerprint density at radius 3 is 1.60 bits per heavy atom. The number of hydrogen-bond donors (Lipinski definition) is 0. The third kappa shape index (κ3) is 3.58. The van der Waals surface area contributed by atoms with E-state index in [4.69, 9.17) is 0 Å². The van der Waals surface area contributed by atoms with Gasteiger partial charge in [0.05, 0.1) is 0 Å². The lowest BCUT2D eigenvalue weighted by Crippen LogP contribution is -2.15. The molecule has 0 aromatic heterocycles. The average molecular weight is 695 g/mol. The zero-order valence-corrected chi connectivity index (χ0v) is 30.7. The number of benzene rings is 10. The highest BCUT2D eigenvalue weighted by Gasteiger charge is 2.39. The van der Waals surface area contributed by atoms with Crippen LogP contribution in [0.2, 0.25) is 0 Å². The molecule has 0 saturated carbocycles. The van der Waals surface area contributed by atoms with Gasteiger partial charge in [0.1, 0.15) is 0 Å². The van der Waals surface area contributed by atoms with Crippen LogP contribution in [0.25, 0.3) is 120 Å². The van der Waals surface area contributed by atoms with Crippen LogP contribution in [0, 0.1) is 0 Å². The van der Waals surface area contributed by atoms with Gasteiger partial charge in [0.2, 0.25) is 0 Å². The molecule has 0 radical (unpaired) electrons. The second-order valence-corrected chi connectivity index (χ2v) is 16.3. The van der Waals surface area contributed by atoms with Crippen molar-refractivity contribution in [1.82, 2.24) is 0 Å². The highest BCUT2D eigenvalue weighted by molar-refractivity contribution is 6.45. The topological polar surface area (TPSA) is 0 Å². The Bertz CT molecular complexity index is 3590. The summed E-state index contributed by atoms with van der Waals surface area (Å²) in [7, 11) is 0. The molecule has 1 aliphatic rings. The van der Waals surface area contributed by atoms with Crippen molar-refractivity contribution in [1.29, 1.82) is 0 Å². The molecule has 0 N–H and O–H groups in total. The second kappa shape index (κ2) is 10.3. The van der Waals surface area contributed by atoms with Crippen molar-refractivity contribution in [3.8, 4) is 33.4 Å². The maximum atomic E-state index is 2.60. The lowest BCUT2D eigenvalue weighted by atomic mass is 9.79. The summed E-state index contributed by atoms with van der Waals surface area (Å²) in [5.41, 5.74) is 10.6. The van der Waals surface area contributed by atoms with Crippen LogP contribution in [0.5, 0.6) is 0 Å². The van der Waals surface area contributed by atoms with E-state index >= 15 is 0 Å². The molecular weight excluding hydrogens is 661 g/mol. The van der Waals surface area contributed by atoms with Crippen LogP contribution in [-0.2, 0) is 5.41 Å². The van der Waals surface area contributed by atoms with E-state index in [-0.39, 0.29) is 5.41 Å². The van der Waals surface area contributed by atoms with Gasteiger partial charge in [-0.05, 0) is 143 Å². The largest absolute Gasteiger partial charge is 0.0622 e. The Kier molecular flexibility index (Phi) is 5.53. The average Bonchev–Trinajstić information content (AvgIpc) is 3.82. The molecule has 254 valence electrons. The van der Waals surface area contributed by atoms with Crippen LogP contribution in [0.1, 0.15) is 25.0 Å². The molecule has 12 aromatic rings. The Hall–Kier alpha value is -6.76. The third-order valence-corrected chi connectivity index (χ3v) is 13.3. The van der Waals surface area contributed by atoms with Crippen LogP contribution in [0.3, 0.4) is 0 Å². The molecule has 12 aromatic carbocycles. The molecule has 0 heteroatoms. The molecular formula is C55H34. The van der Waals surface area contributed by atoms with Gasteiger partial charge in [-0.3, -0.25) is 0 Å². The van der Waals surface area contributed by atoms with Gasteiger partial charge >= 0.3 is 0 Å². The molecule has 0 atom stereocenters. The van der Waals surface area contributed by atoms with E-state index < -0.39 is 0 Å². The van der Waals surface area contributed by atoms with Crippen LogP contribution in [0.4, 0.5) is 0 Å². The lowest BCUT2D eigenvalue weighted by Gasteiger charge is -2.23. The number of hydrogen-bond acceptors (Lipinski definition) is 0. The summed E-state index contributed by atoms with van der Waals surface area (Å²) < 4.78 is 0. The molecule has 13 rings (SSSR count). The van der Waals surface area contributed by atoms with E-state index in [1.54, 1.807) is 0 Å². The minimum absolute atomic E-state index is 0.177. The first-order chi connectivity index (χ1) is 27.1. The Morgan fingerprint density at radius 1 is 0.309 bits per heavy atom. The first kappa shape index (κ1) is 29.7. The van der Waals surface area contributed by atoms with Gasteiger partial charge in [-0.2, -0.15) is 0 Å². The standard InChI is InChI=1S/C55H34/c1-55(2)45-30-44-49-38(50(45)41-28-27-31-15-9-10-20-34(31)54(41)55)24-14-26-40(49)52-47(33-18-7-4-8-19-33)51-39-25-13-23-37-35-21-11-12-22-36(35)42(48(37)39)29-43(51)46(53(44)52)32-16-5-3-6-17-32/h3-30H,1-2H3. The first-order valence-corrected chi connectivity index (χ1v) is 19.5. The van der Waals surface area contributed by atoms with Gasteiger partial charge in [-0.1, -0.05) is 172 Å². The highest BCUT2D eigenvalue weighted by Crippen LogP contribution is 2.59. The minimum atomic E-state index is -0.177. The van der Waals surface area contributed by atoms with E-state index in [9.17, 15) is 0 Å². The van der Waals surface area contributed by atoms with Gasteiger partial charge in [0, 0.05) is 5.41 Å². The van der Waals surface area contributed by atoms with Crippen LogP contribution < -0.4 is 0 Å². The summed E-state index contributed by atoms with van der Waals surface area (Å²) in [5.74, 6) is 0. The van der Waals surface area contributed by atoms with Gasteiger partial charge in [-0.15, -0.1) is 0 Å². The molecule has 0 unspecified atom stereocenters. The Balaban J connectivity index is 1.33. The molecule has 0 bridgehead atoms. The van der Waals surface area contributed by atoms with Crippen LogP contribution in [-0.4, -0.2) is 0 Å². The summed E-state index contributed by atoms with van der Waals surface area (Å²) >= 11 is 0. The Morgan fingerprint density at radius 2 is 0.855 bits per heavy atom. The van der Waals surface area contributed by atoms with Crippen molar-refractivity contribution in [2.45, 2.75) is 19.3 Å². The van der Waals surface area contributed by atoms with Crippen LogP contribution >= 0.6 is 0 Å². The molecule has 0 saturated heterocycles. The van der Waals surface area contributed by atoms with Gasteiger partial charge < -0.3 is 0 Å². The molecule has 0 nitrogen and oxygen atoms in total. The van der Waals surface area contributed by atoms with Crippen molar-refractivity contribution in [3.05, 3.63) is 181 Å². The van der Waals surface area contributed by atoms with E-state index in [0.29, 0.717) is 0 Å². The second-order valence-electron chi connectivity index (χ2n) is 16.3. The smallest absolute Gasteiger partial charge is 0.0165 e. The van der Waals surface area contributed by atoms with Gasteiger partial charge in [0.15, 0.2) is 0 Å². The summed E-state index contributed by atoms with van der Waals surface area (Å²) in [6.45, 7) is 4.89. The van der Waals surface area contributed by atoms with Crippen molar-refractivity contribution in [2.75, 3.05) is 0 Å². The minimum Gasteiger partial charge on any atom is -0.0622 e. The summed E-state index contributed by atoms with van der Waals surface area (Å²) in [5, 5.41) is 21.5. The predicted molar refractivity (Wildman–Crippen MR) is 237 cm³/mol. The van der Waals surface area contributed by atoms with E-state index in [1.807, 2.05) is 0 Å². The maximum Gasteiger partial charge on any atom is 0.0165 e. The van der Waals surface area contributed by atoms with E-state index in [2.05, 4.69) is 184 Å². The van der Waals surface area contributed by atoms with Crippen LogP contribution in [0.15, 0.2) is 170 Å². The van der Waals surface area contributed by atoms with Crippen molar-refractivity contribution >= 4 is 86.2 Å². The highest BCUT2D eigenvalue weighted by atomic mass is 14.4. The fraction of sp³-hybridized carbons (Fsp3) is 0.0545. The molecule has 55 heavy (non-hydrogen) atoms. The lowest BCUT2D eigenvalue weighted by molar-refractivity contribution is 0.667. The monoisotopic (exact) mass is 694 g/mol. The third-order valence-electron chi connectivity index (χ3n) is 13.3. The fourth-order valence-corrected chi connectivity index (χ4v) is 11.1. The molecule has 0 heterocycles. The fourth-order valence-electron chi connectivity index (χ4n) is 11.1. The number of fused-ring (bicyclic) bond motifs is 14. The summed E-state index contributed by atoms with van der Waals surface area (Å²) in [6.07, 6.45) is 0. The van der Waals surface area contributed by atoms with Crippen molar-refractivity contribution in [3.63, 3.8) is 0 Å². The molecule has 0 aliphatic heterocycles. The molecule has 1 aliphatic carbocycles. The zero-order valence-electron chi connectivity index (χ0n) is 30.7. The molecule has 0 amide bonds. The normalized spacial score (nSPS) is 13.8. The molecule has 0 spiro atoms. The van der Waals surface area contributed by atoms with E-state index in [0.717, 1.165) is 0 Å². The van der Waals surface area contributed by atoms with Gasteiger partial charge in [-0.25, -0.2) is 0 Å². The van der Waals surface area contributed by atoms with Crippen molar-refractivity contribution < 1.29 is 0 Å². The Labute approximate surface area is 318 Å². The summed E-state index contributed by atoms with van der Waals surface area (Å²) in [4.78, 5) is 0. The SMILES string of the molecule is CC1(C)c2cc3c4c(-c5ccccc5)c5cc6c7ccccc7c7cccc(c5c(-c5ccccc5)c4c4cccc(c2-c2ccc5ccccc5c21)c34)c76. The van der Waals surface area contributed by atoms with E-state index in [1.165, 1.54) is 131 Å². The van der Waals surface area contributed by atoms with Crippen molar-refractivity contribution in [2.24, 2.45) is 0 Å². The summed E-state index contributed by atoms with van der Waals surface area (Å²) in [6, 6.07) is 64.3. The predicted octanol–water partition coefficient (Wildman–Crippen LogP) is 15.4. The quantitative estimate of drug-likeness (QED) is 0.158. The zero-order chi connectivity index (χ0) is 36.2.